The molecule has 31 heavy (non-hydrogen) atoms. The summed E-state index contributed by atoms with van der Waals surface area (Å²) in [4.78, 5) is 4.77. The van der Waals surface area contributed by atoms with E-state index in [1.807, 2.05) is 11.5 Å². The summed E-state index contributed by atoms with van der Waals surface area (Å²) in [5.74, 6) is 1.77. The summed E-state index contributed by atoms with van der Waals surface area (Å²) in [5, 5.41) is 12.7. The number of thioether (sulfide) groups is 1. The van der Waals surface area contributed by atoms with Crippen molar-refractivity contribution < 1.29 is 9.13 Å². The molecular formula is C23H23FN4OS2. The van der Waals surface area contributed by atoms with Gasteiger partial charge in [0.2, 0.25) is 0 Å². The first-order valence-electron chi connectivity index (χ1n) is 10.0. The molecule has 2 aromatic carbocycles. The van der Waals surface area contributed by atoms with Gasteiger partial charge in [-0.3, -0.25) is 0 Å². The van der Waals surface area contributed by atoms with Crippen LogP contribution in [0.2, 0.25) is 0 Å². The van der Waals surface area contributed by atoms with Gasteiger partial charge < -0.3 is 9.30 Å². The minimum atomic E-state index is -0.306. The largest absolute Gasteiger partial charge is 0.483 e. The fraction of sp³-hybridized carbons (Fsp3) is 0.261. The van der Waals surface area contributed by atoms with Crippen molar-refractivity contribution in [1.29, 1.82) is 0 Å². The van der Waals surface area contributed by atoms with E-state index in [0.717, 1.165) is 33.8 Å². The van der Waals surface area contributed by atoms with Gasteiger partial charge in [-0.15, -0.1) is 21.5 Å². The molecule has 0 N–H and O–H groups in total. The normalized spacial score (nSPS) is 12.1. The van der Waals surface area contributed by atoms with Gasteiger partial charge in [0, 0.05) is 23.2 Å². The van der Waals surface area contributed by atoms with Gasteiger partial charge in [-0.05, 0) is 45.0 Å². The van der Waals surface area contributed by atoms with Crippen molar-refractivity contribution in [2.45, 2.75) is 44.3 Å². The third-order valence-electron chi connectivity index (χ3n) is 4.75. The Labute approximate surface area is 189 Å². The van der Waals surface area contributed by atoms with Crippen LogP contribution in [0.5, 0.6) is 5.75 Å². The zero-order valence-corrected chi connectivity index (χ0v) is 19.2. The van der Waals surface area contributed by atoms with Crippen molar-refractivity contribution in [2.24, 2.45) is 0 Å². The van der Waals surface area contributed by atoms with Gasteiger partial charge in [-0.2, -0.15) is 0 Å². The van der Waals surface area contributed by atoms with E-state index >= 15 is 0 Å². The zero-order chi connectivity index (χ0) is 21.8. The van der Waals surface area contributed by atoms with Crippen molar-refractivity contribution in [1.82, 2.24) is 19.7 Å². The van der Waals surface area contributed by atoms with Crippen molar-refractivity contribution >= 4 is 23.1 Å². The molecule has 2 heterocycles. The number of benzene rings is 2. The van der Waals surface area contributed by atoms with Crippen molar-refractivity contribution in [3.05, 3.63) is 76.8 Å². The molecule has 0 radical (unpaired) electrons. The van der Waals surface area contributed by atoms with Crippen LogP contribution in [-0.4, -0.2) is 19.7 Å². The van der Waals surface area contributed by atoms with E-state index in [0.29, 0.717) is 11.5 Å². The van der Waals surface area contributed by atoms with Gasteiger partial charge in [0.1, 0.15) is 16.6 Å². The van der Waals surface area contributed by atoms with E-state index < -0.39 is 0 Å². The van der Waals surface area contributed by atoms with Crippen LogP contribution in [0.15, 0.2) is 59.1 Å². The Kier molecular flexibility index (Phi) is 6.67. The summed E-state index contributed by atoms with van der Waals surface area (Å²) >= 11 is 3.26. The standard InChI is InChI=1S/C23H23FN4OS2/c1-4-28-21(16(3)29-20-11-9-18(24)10-12-20)26-27-23(28)31-14-19-13-30-22(25-19)17-7-5-15(2)6-8-17/h5-13,16H,4,14H2,1-3H3. The van der Waals surface area contributed by atoms with Crippen LogP contribution in [0.3, 0.4) is 0 Å². The molecule has 0 aliphatic carbocycles. The highest BCUT2D eigenvalue weighted by Gasteiger charge is 2.19. The first-order chi connectivity index (χ1) is 15.0. The average Bonchev–Trinajstić information content (AvgIpc) is 3.41. The number of aryl methyl sites for hydroxylation is 1. The minimum Gasteiger partial charge on any atom is -0.483 e. The lowest BCUT2D eigenvalue weighted by atomic mass is 10.2. The number of rotatable bonds is 8. The number of ether oxygens (including phenoxy) is 1. The van der Waals surface area contributed by atoms with Crippen LogP contribution in [-0.2, 0) is 12.3 Å². The van der Waals surface area contributed by atoms with Crippen LogP contribution in [0.25, 0.3) is 10.6 Å². The summed E-state index contributed by atoms with van der Waals surface area (Å²) < 4.78 is 21.1. The van der Waals surface area contributed by atoms with Gasteiger partial charge in [-0.1, -0.05) is 41.6 Å². The van der Waals surface area contributed by atoms with E-state index in [9.17, 15) is 4.39 Å². The van der Waals surface area contributed by atoms with Gasteiger partial charge >= 0.3 is 0 Å². The quantitative estimate of drug-likeness (QED) is 0.292. The molecule has 4 rings (SSSR count). The summed E-state index contributed by atoms with van der Waals surface area (Å²) in [5.41, 5.74) is 3.40. The third kappa shape index (κ3) is 5.14. The highest BCUT2D eigenvalue weighted by Crippen LogP contribution is 2.29. The Bertz CT molecular complexity index is 1140. The van der Waals surface area contributed by atoms with E-state index in [1.54, 1.807) is 35.2 Å². The number of halogens is 1. The average molecular weight is 455 g/mol. The minimum absolute atomic E-state index is 0.289. The lowest BCUT2D eigenvalue weighted by Gasteiger charge is -2.15. The Hall–Kier alpha value is -2.71. The molecule has 4 aromatic rings. The smallest absolute Gasteiger partial charge is 0.191 e. The molecule has 1 unspecified atom stereocenters. The summed E-state index contributed by atoms with van der Waals surface area (Å²) in [6.45, 7) is 6.78. The molecule has 160 valence electrons. The third-order valence-corrected chi connectivity index (χ3v) is 6.69. The van der Waals surface area contributed by atoms with Crippen molar-refractivity contribution in [3.63, 3.8) is 0 Å². The predicted octanol–water partition coefficient (Wildman–Crippen LogP) is 6.30. The lowest BCUT2D eigenvalue weighted by molar-refractivity contribution is 0.209. The number of nitrogens with zero attached hydrogens (tertiary/aromatic N) is 4. The Morgan fingerprint density at radius 3 is 2.55 bits per heavy atom. The zero-order valence-electron chi connectivity index (χ0n) is 17.6. The molecule has 5 nitrogen and oxygen atoms in total. The summed E-state index contributed by atoms with van der Waals surface area (Å²) in [7, 11) is 0. The maximum absolute atomic E-state index is 13.1. The fourth-order valence-corrected chi connectivity index (χ4v) is 4.95. The Balaban J connectivity index is 1.43. The number of hydrogen-bond acceptors (Lipinski definition) is 6. The van der Waals surface area contributed by atoms with Crippen LogP contribution in [0.4, 0.5) is 4.39 Å². The van der Waals surface area contributed by atoms with Gasteiger partial charge in [0.25, 0.3) is 0 Å². The first-order valence-corrected chi connectivity index (χ1v) is 11.9. The summed E-state index contributed by atoms with van der Waals surface area (Å²) in [6.07, 6.45) is -0.306. The van der Waals surface area contributed by atoms with Crippen molar-refractivity contribution in [2.75, 3.05) is 0 Å². The molecule has 0 saturated carbocycles. The second-order valence-corrected chi connectivity index (χ2v) is 8.90. The van der Waals surface area contributed by atoms with Gasteiger partial charge in [-0.25, -0.2) is 9.37 Å². The molecule has 0 spiro atoms. The second-order valence-electron chi connectivity index (χ2n) is 7.10. The number of hydrogen-bond donors (Lipinski definition) is 0. The number of aromatic nitrogens is 4. The molecule has 0 aliphatic rings. The van der Waals surface area contributed by atoms with Crippen LogP contribution < -0.4 is 4.74 Å². The number of thiazole rings is 1. The molecule has 0 fully saturated rings. The molecular weight excluding hydrogens is 431 g/mol. The molecule has 8 heteroatoms. The van der Waals surface area contributed by atoms with Crippen LogP contribution in [0.1, 0.15) is 37.0 Å². The van der Waals surface area contributed by atoms with Crippen molar-refractivity contribution in [3.8, 4) is 16.3 Å². The van der Waals surface area contributed by atoms with Gasteiger partial charge in [0.05, 0.1) is 5.69 Å². The molecule has 2 aromatic heterocycles. The van der Waals surface area contributed by atoms with E-state index in [2.05, 4.69) is 53.7 Å². The van der Waals surface area contributed by atoms with E-state index in [1.165, 1.54) is 17.7 Å². The van der Waals surface area contributed by atoms with Crippen LogP contribution >= 0.6 is 23.1 Å². The Morgan fingerprint density at radius 2 is 1.84 bits per heavy atom. The molecule has 0 bridgehead atoms. The monoisotopic (exact) mass is 454 g/mol. The SMILES string of the molecule is CCn1c(SCc2csc(-c3ccc(C)cc3)n2)nnc1C(C)Oc1ccc(F)cc1. The highest BCUT2D eigenvalue weighted by atomic mass is 32.2. The molecule has 1 atom stereocenters. The topological polar surface area (TPSA) is 52.8 Å². The molecule has 0 amide bonds. The molecule has 0 aliphatic heterocycles. The fourth-order valence-electron chi connectivity index (χ4n) is 3.12. The summed E-state index contributed by atoms with van der Waals surface area (Å²) in [6, 6.07) is 14.4. The van der Waals surface area contributed by atoms with E-state index in [-0.39, 0.29) is 11.9 Å². The molecule has 0 saturated heterocycles. The van der Waals surface area contributed by atoms with Gasteiger partial charge in [0.15, 0.2) is 17.1 Å². The van der Waals surface area contributed by atoms with E-state index in [4.69, 9.17) is 9.72 Å². The lowest BCUT2D eigenvalue weighted by Crippen LogP contribution is -2.12. The highest BCUT2D eigenvalue weighted by molar-refractivity contribution is 7.98. The van der Waals surface area contributed by atoms with Crippen LogP contribution in [0, 0.1) is 12.7 Å². The Morgan fingerprint density at radius 1 is 1.10 bits per heavy atom. The maximum Gasteiger partial charge on any atom is 0.191 e. The second kappa shape index (κ2) is 9.62. The first kappa shape index (κ1) is 21.5. The predicted molar refractivity (Wildman–Crippen MR) is 123 cm³/mol. The maximum atomic E-state index is 13.1.